The Kier molecular flexibility index (Phi) is 8.12. The molecule has 0 aliphatic heterocycles. The fraction of sp³-hybridized carbons (Fsp3) is 0.900. The summed E-state index contributed by atoms with van der Waals surface area (Å²) in [5.41, 5.74) is 0. The van der Waals surface area contributed by atoms with Gasteiger partial charge in [-0.1, -0.05) is 13.3 Å². The molecule has 0 atom stereocenters. The van der Waals surface area contributed by atoms with Gasteiger partial charge in [0.25, 0.3) is 6.69 Å². The van der Waals surface area contributed by atoms with Crippen molar-refractivity contribution in [1.29, 1.82) is 0 Å². The van der Waals surface area contributed by atoms with E-state index in [2.05, 4.69) is 9.47 Å². The van der Waals surface area contributed by atoms with Crippen molar-refractivity contribution >= 4 is 34.8 Å². The van der Waals surface area contributed by atoms with E-state index < -0.39 is 44.1 Å². The first-order valence-corrected chi connectivity index (χ1v) is 10.6. The van der Waals surface area contributed by atoms with Gasteiger partial charge in [0.15, 0.2) is 0 Å². The van der Waals surface area contributed by atoms with Gasteiger partial charge in [0.1, 0.15) is 6.61 Å². The second kappa shape index (κ2) is 8.21. The van der Waals surface area contributed by atoms with Crippen molar-refractivity contribution in [2.75, 3.05) is 13.2 Å². The summed E-state index contributed by atoms with van der Waals surface area (Å²) in [5.74, 6) is -7.56. The standard InChI is InChI=1S/C10H13Cl2F7O3Si/c1-2-4-23(11,12)5-3-21-7(20)6-22-8(13,9(14,15)16)10(17,18)19/h2-6H2,1H3. The van der Waals surface area contributed by atoms with Crippen molar-refractivity contribution in [2.45, 2.75) is 43.6 Å². The predicted molar refractivity (Wildman–Crippen MR) is 70.2 cm³/mol. The molecule has 3 nitrogen and oxygen atoms in total. The number of ether oxygens (including phenoxy) is 2. The Morgan fingerprint density at radius 2 is 1.48 bits per heavy atom. The molecule has 0 aromatic rings. The minimum absolute atomic E-state index is 0.0228. The summed E-state index contributed by atoms with van der Waals surface area (Å²) in [6, 6.07) is 0.481. The van der Waals surface area contributed by atoms with Crippen LogP contribution in [0, 0.1) is 0 Å². The van der Waals surface area contributed by atoms with Gasteiger partial charge < -0.3 is 9.47 Å². The maximum absolute atomic E-state index is 13.1. The Labute approximate surface area is 137 Å². The molecule has 0 spiro atoms. The lowest BCUT2D eigenvalue weighted by Gasteiger charge is -2.29. The Bertz CT molecular complexity index is 387. The highest BCUT2D eigenvalue weighted by Gasteiger charge is 2.74. The van der Waals surface area contributed by atoms with E-state index >= 15 is 0 Å². The van der Waals surface area contributed by atoms with Crippen LogP contribution in [-0.2, 0) is 14.3 Å². The third kappa shape index (κ3) is 7.02. The summed E-state index contributed by atoms with van der Waals surface area (Å²) in [6.07, 6.45) is -12.2. The summed E-state index contributed by atoms with van der Waals surface area (Å²) < 4.78 is 93.4. The number of hydrogen-bond donors (Lipinski definition) is 0. The molecule has 0 aromatic carbocycles. The fourth-order valence-electron chi connectivity index (χ4n) is 1.33. The minimum Gasteiger partial charge on any atom is -0.464 e. The maximum Gasteiger partial charge on any atom is 0.458 e. The number of carbonyl (C=O) groups is 1. The smallest absolute Gasteiger partial charge is 0.458 e. The van der Waals surface area contributed by atoms with Crippen LogP contribution in [0.4, 0.5) is 30.7 Å². The largest absolute Gasteiger partial charge is 0.464 e. The highest BCUT2D eigenvalue weighted by atomic mass is 35.7. The molecule has 0 amide bonds. The van der Waals surface area contributed by atoms with Crippen molar-refractivity contribution in [1.82, 2.24) is 0 Å². The normalized spacial score (nSPS) is 14.0. The molecular weight excluding hydrogens is 400 g/mol. The lowest BCUT2D eigenvalue weighted by atomic mass is 10.3. The van der Waals surface area contributed by atoms with E-state index in [-0.39, 0.29) is 6.04 Å². The number of esters is 1. The molecule has 0 unspecified atom stereocenters. The van der Waals surface area contributed by atoms with Crippen molar-refractivity contribution in [3.8, 4) is 0 Å². The zero-order valence-corrected chi connectivity index (χ0v) is 14.2. The van der Waals surface area contributed by atoms with Crippen LogP contribution >= 0.6 is 22.2 Å². The molecule has 0 N–H and O–H groups in total. The highest BCUT2D eigenvalue weighted by Crippen LogP contribution is 2.46. The third-order valence-corrected chi connectivity index (χ3v) is 6.90. The van der Waals surface area contributed by atoms with Gasteiger partial charge in [0.2, 0.25) is 0 Å². The second-order valence-corrected chi connectivity index (χ2v) is 12.1. The van der Waals surface area contributed by atoms with E-state index in [4.69, 9.17) is 22.2 Å². The zero-order chi connectivity index (χ0) is 18.5. The first-order valence-electron chi connectivity index (χ1n) is 6.16. The van der Waals surface area contributed by atoms with Gasteiger partial charge in [-0.05, 0) is 6.04 Å². The molecule has 0 bridgehead atoms. The monoisotopic (exact) mass is 412 g/mol. The van der Waals surface area contributed by atoms with Crippen LogP contribution in [0.2, 0.25) is 12.1 Å². The molecular formula is C10H13Cl2F7O3Si. The average Bonchev–Trinajstić information content (AvgIpc) is 2.32. The van der Waals surface area contributed by atoms with E-state index in [1.54, 1.807) is 6.92 Å². The van der Waals surface area contributed by atoms with Gasteiger partial charge >= 0.3 is 24.2 Å². The van der Waals surface area contributed by atoms with E-state index in [1.165, 1.54) is 0 Å². The molecule has 0 rings (SSSR count). The van der Waals surface area contributed by atoms with Crippen molar-refractivity contribution in [2.24, 2.45) is 0 Å². The first kappa shape index (κ1) is 22.7. The summed E-state index contributed by atoms with van der Waals surface area (Å²) in [4.78, 5) is 11.1. The van der Waals surface area contributed by atoms with Gasteiger partial charge in [-0.2, -0.15) is 30.7 Å². The third-order valence-electron chi connectivity index (χ3n) is 2.46. The Balaban J connectivity index is 4.52. The molecule has 0 saturated carbocycles. The Morgan fingerprint density at radius 1 is 1.00 bits per heavy atom. The number of hydrogen-bond acceptors (Lipinski definition) is 3. The van der Waals surface area contributed by atoms with E-state index in [0.717, 1.165) is 0 Å². The van der Waals surface area contributed by atoms with Crippen LogP contribution in [0.5, 0.6) is 0 Å². The van der Waals surface area contributed by atoms with Crippen molar-refractivity contribution < 1.29 is 45.0 Å². The lowest BCUT2D eigenvalue weighted by Crippen LogP contribution is -2.55. The molecule has 0 heterocycles. The first-order chi connectivity index (χ1) is 10.2. The molecule has 0 fully saturated rings. The summed E-state index contributed by atoms with van der Waals surface area (Å²) in [7, 11) is 0. The second-order valence-electron chi connectivity index (χ2n) is 4.46. The highest BCUT2D eigenvalue weighted by molar-refractivity contribution is 7.45. The zero-order valence-electron chi connectivity index (χ0n) is 11.7. The molecule has 138 valence electrons. The summed E-state index contributed by atoms with van der Waals surface area (Å²) in [6.45, 7) is -3.19. The van der Waals surface area contributed by atoms with Gasteiger partial charge in [0, 0.05) is 6.04 Å². The Morgan fingerprint density at radius 3 is 1.87 bits per heavy atom. The van der Waals surface area contributed by atoms with Gasteiger partial charge in [-0.3, -0.25) is 0 Å². The molecule has 0 aromatic heterocycles. The van der Waals surface area contributed by atoms with Crippen molar-refractivity contribution in [3.05, 3.63) is 0 Å². The van der Waals surface area contributed by atoms with Crippen LogP contribution in [-0.4, -0.2) is 44.1 Å². The predicted octanol–water partition coefficient (Wildman–Crippen LogP) is 4.67. The SMILES string of the molecule is CCC[Si](Cl)(Cl)CCOC(=O)COC(F)(C(F)(F)F)C(F)(F)F. The molecule has 0 radical (unpaired) electrons. The van der Waals surface area contributed by atoms with Crippen molar-refractivity contribution in [3.63, 3.8) is 0 Å². The Hall–Kier alpha value is -0.263. The van der Waals surface area contributed by atoms with Crippen LogP contribution < -0.4 is 0 Å². The molecule has 0 aliphatic carbocycles. The number of alkyl halides is 7. The van der Waals surface area contributed by atoms with Crippen LogP contribution in [0.25, 0.3) is 0 Å². The lowest BCUT2D eigenvalue weighted by molar-refractivity contribution is -0.428. The molecule has 13 heteroatoms. The maximum atomic E-state index is 13.1. The molecule has 0 saturated heterocycles. The average molecular weight is 413 g/mol. The number of halogens is 9. The number of rotatable bonds is 8. The number of carbonyl (C=O) groups excluding carboxylic acids is 1. The summed E-state index contributed by atoms with van der Waals surface area (Å²) >= 11 is 11.8. The molecule has 23 heavy (non-hydrogen) atoms. The molecule has 0 aliphatic rings. The van der Waals surface area contributed by atoms with Gasteiger partial charge in [0.05, 0.1) is 6.61 Å². The van der Waals surface area contributed by atoms with Crippen LogP contribution in [0.1, 0.15) is 13.3 Å². The van der Waals surface area contributed by atoms with E-state index in [1.807, 2.05) is 0 Å². The van der Waals surface area contributed by atoms with Gasteiger partial charge in [-0.25, -0.2) is 4.79 Å². The fourth-order valence-corrected chi connectivity index (χ4v) is 4.31. The van der Waals surface area contributed by atoms with E-state index in [0.29, 0.717) is 12.5 Å². The van der Waals surface area contributed by atoms with Crippen LogP contribution in [0.3, 0.4) is 0 Å². The quantitative estimate of drug-likeness (QED) is 0.251. The summed E-state index contributed by atoms with van der Waals surface area (Å²) in [5, 5.41) is 0. The minimum atomic E-state index is -6.40. The van der Waals surface area contributed by atoms with Crippen LogP contribution in [0.15, 0.2) is 0 Å². The van der Waals surface area contributed by atoms with E-state index in [9.17, 15) is 35.5 Å². The topological polar surface area (TPSA) is 35.5 Å². The van der Waals surface area contributed by atoms with Gasteiger partial charge in [-0.15, -0.1) is 22.2 Å².